The molecule has 0 aliphatic carbocycles. The van der Waals surface area contributed by atoms with Crippen molar-refractivity contribution in [3.05, 3.63) is 35.4 Å². The van der Waals surface area contributed by atoms with Crippen LogP contribution < -0.4 is 0 Å². The van der Waals surface area contributed by atoms with E-state index in [1.807, 2.05) is 31.2 Å². The monoisotopic (exact) mass is 247 g/mol. The molecule has 1 heterocycles. The molecule has 1 unspecified atom stereocenters. The second-order valence-corrected chi connectivity index (χ2v) is 5.04. The molecule has 0 spiro atoms. The minimum Gasteiger partial charge on any atom is -0.380 e. The van der Waals surface area contributed by atoms with Gasteiger partial charge in [-0.2, -0.15) is 0 Å². The van der Waals surface area contributed by atoms with Crippen molar-refractivity contribution in [1.82, 2.24) is 4.90 Å². The molecule has 1 aliphatic heterocycles. The lowest BCUT2D eigenvalue weighted by Gasteiger charge is -2.22. The zero-order chi connectivity index (χ0) is 13.0. The molecule has 0 N–H and O–H groups in total. The number of Topliss-reactive ketones (excluding diaryl/α,β-unsaturated/α-hetero) is 1. The first-order valence-corrected chi connectivity index (χ1v) is 6.54. The van der Waals surface area contributed by atoms with Crippen molar-refractivity contribution in [2.75, 3.05) is 26.8 Å². The molecule has 1 aromatic carbocycles. The van der Waals surface area contributed by atoms with Crippen molar-refractivity contribution in [2.45, 2.75) is 25.8 Å². The fourth-order valence-corrected chi connectivity index (χ4v) is 2.29. The second kappa shape index (κ2) is 6.12. The summed E-state index contributed by atoms with van der Waals surface area (Å²) in [6, 6.07) is 8.29. The van der Waals surface area contributed by atoms with Crippen molar-refractivity contribution >= 4 is 5.78 Å². The number of carbonyl (C=O) groups excluding carboxylic acids is 1. The fourth-order valence-electron chi connectivity index (χ4n) is 2.29. The van der Waals surface area contributed by atoms with Gasteiger partial charge < -0.3 is 9.64 Å². The van der Waals surface area contributed by atoms with Gasteiger partial charge in [-0.05, 0) is 26.5 Å². The molecule has 0 aromatic heterocycles. The Labute approximate surface area is 109 Å². The topological polar surface area (TPSA) is 29.5 Å². The molecule has 3 heteroatoms. The van der Waals surface area contributed by atoms with Crippen molar-refractivity contribution < 1.29 is 9.53 Å². The molecule has 1 aromatic rings. The first-order chi connectivity index (χ1) is 8.66. The van der Waals surface area contributed by atoms with Gasteiger partial charge in [0.1, 0.15) is 0 Å². The third kappa shape index (κ3) is 3.40. The van der Waals surface area contributed by atoms with Crippen LogP contribution >= 0.6 is 0 Å². The third-order valence-electron chi connectivity index (χ3n) is 3.56. The van der Waals surface area contributed by atoms with Gasteiger partial charge >= 0.3 is 0 Å². The number of hydrogen-bond donors (Lipinski definition) is 0. The molecule has 3 nitrogen and oxygen atoms in total. The fraction of sp³-hybridized carbons (Fsp3) is 0.533. The number of ketones is 1. The molecule has 0 saturated carbocycles. The van der Waals surface area contributed by atoms with E-state index in [4.69, 9.17) is 4.74 Å². The minimum absolute atomic E-state index is 0.226. The van der Waals surface area contributed by atoms with Crippen LogP contribution in [0.3, 0.4) is 0 Å². The predicted octanol–water partition coefficient (Wildman–Crippen LogP) is 2.29. The van der Waals surface area contributed by atoms with Gasteiger partial charge in [0.15, 0.2) is 5.78 Å². The molecular weight excluding hydrogens is 226 g/mol. The van der Waals surface area contributed by atoms with Gasteiger partial charge in [-0.15, -0.1) is 0 Å². The Hall–Kier alpha value is -1.19. The number of hydrogen-bond acceptors (Lipinski definition) is 3. The molecule has 18 heavy (non-hydrogen) atoms. The molecule has 0 amide bonds. The van der Waals surface area contributed by atoms with E-state index >= 15 is 0 Å². The zero-order valence-corrected chi connectivity index (χ0v) is 11.2. The van der Waals surface area contributed by atoms with Crippen LogP contribution in [0.25, 0.3) is 0 Å². The number of ether oxygens (including phenoxy) is 1. The van der Waals surface area contributed by atoms with Gasteiger partial charge in [-0.25, -0.2) is 0 Å². The SMILES string of the molecule is Cc1cccc(C(=O)CCN(C)C2CCOC2)c1. The predicted molar refractivity (Wildman–Crippen MR) is 72.0 cm³/mol. The van der Waals surface area contributed by atoms with Gasteiger partial charge in [-0.1, -0.05) is 23.8 Å². The molecule has 1 aliphatic rings. The van der Waals surface area contributed by atoms with E-state index < -0.39 is 0 Å². The van der Waals surface area contributed by atoms with Crippen LogP contribution in [0.2, 0.25) is 0 Å². The Morgan fingerprint density at radius 3 is 3.00 bits per heavy atom. The van der Waals surface area contributed by atoms with Crippen LogP contribution in [-0.4, -0.2) is 43.5 Å². The molecule has 1 atom stereocenters. The number of carbonyl (C=O) groups is 1. The smallest absolute Gasteiger partial charge is 0.164 e. The molecule has 0 radical (unpaired) electrons. The van der Waals surface area contributed by atoms with E-state index in [1.54, 1.807) is 0 Å². The van der Waals surface area contributed by atoms with E-state index in [2.05, 4.69) is 11.9 Å². The molecule has 2 rings (SSSR count). The average Bonchev–Trinajstić information content (AvgIpc) is 2.89. The van der Waals surface area contributed by atoms with Gasteiger partial charge in [0.05, 0.1) is 6.61 Å². The average molecular weight is 247 g/mol. The molecule has 1 saturated heterocycles. The summed E-state index contributed by atoms with van der Waals surface area (Å²) >= 11 is 0. The summed E-state index contributed by atoms with van der Waals surface area (Å²) in [5.74, 6) is 0.226. The van der Waals surface area contributed by atoms with Crippen molar-refractivity contribution in [3.8, 4) is 0 Å². The van der Waals surface area contributed by atoms with Gasteiger partial charge in [-0.3, -0.25) is 4.79 Å². The maximum atomic E-state index is 12.1. The number of aryl methyl sites for hydroxylation is 1. The van der Waals surface area contributed by atoms with Crippen LogP contribution in [0.5, 0.6) is 0 Å². The standard InChI is InChI=1S/C15H21NO2/c1-12-4-3-5-13(10-12)15(17)6-8-16(2)14-7-9-18-11-14/h3-5,10,14H,6-9,11H2,1-2H3. The Balaban J connectivity index is 1.84. The summed E-state index contributed by atoms with van der Waals surface area (Å²) in [5.41, 5.74) is 1.96. The van der Waals surface area contributed by atoms with Crippen LogP contribution in [-0.2, 0) is 4.74 Å². The van der Waals surface area contributed by atoms with E-state index in [-0.39, 0.29) is 5.78 Å². The number of nitrogens with zero attached hydrogens (tertiary/aromatic N) is 1. The molecule has 0 bridgehead atoms. The normalized spacial score (nSPS) is 19.4. The van der Waals surface area contributed by atoms with Gasteiger partial charge in [0.2, 0.25) is 0 Å². The lowest BCUT2D eigenvalue weighted by atomic mass is 10.1. The van der Waals surface area contributed by atoms with Crippen molar-refractivity contribution in [1.29, 1.82) is 0 Å². The van der Waals surface area contributed by atoms with E-state index in [0.717, 1.165) is 37.3 Å². The summed E-state index contributed by atoms with van der Waals surface area (Å²) in [6.45, 7) is 4.47. The maximum absolute atomic E-state index is 12.1. The largest absolute Gasteiger partial charge is 0.380 e. The second-order valence-electron chi connectivity index (χ2n) is 5.04. The lowest BCUT2D eigenvalue weighted by molar-refractivity contribution is 0.0954. The van der Waals surface area contributed by atoms with Crippen LogP contribution in [0.4, 0.5) is 0 Å². The van der Waals surface area contributed by atoms with Crippen LogP contribution in [0.15, 0.2) is 24.3 Å². The highest BCUT2D eigenvalue weighted by atomic mass is 16.5. The highest BCUT2D eigenvalue weighted by Crippen LogP contribution is 2.12. The summed E-state index contributed by atoms with van der Waals surface area (Å²) in [7, 11) is 2.07. The minimum atomic E-state index is 0.226. The number of likely N-dealkylation sites (N-methyl/N-ethyl adjacent to an activating group) is 1. The van der Waals surface area contributed by atoms with Crippen molar-refractivity contribution in [2.24, 2.45) is 0 Å². The third-order valence-corrected chi connectivity index (χ3v) is 3.56. The van der Waals surface area contributed by atoms with E-state index in [1.165, 1.54) is 0 Å². The van der Waals surface area contributed by atoms with Crippen LogP contribution in [0, 0.1) is 6.92 Å². The maximum Gasteiger partial charge on any atom is 0.164 e. The van der Waals surface area contributed by atoms with Gasteiger partial charge in [0, 0.05) is 31.2 Å². The van der Waals surface area contributed by atoms with Crippen molar-refractivity contribution in [3.63, 3.8) is 0 Å². The molecular formula is C15H21NO2. The first-order valence-electron chi connectivity index (χ1n) is 6.54. The Morgan fingerprint density at radius 1 is 1.50 bits per heavy atom. The summed E-state index contributed by atoms with van der Waals surface area (Å²) < 4.78 is 5.36. The van der Waals surface area contributed by atoms with Crippen LogP contribution in [0.1, 0.15) is 28.8 Å². The zero-order valence-electron chi connectivity index (χ0n) is 11.2. The summed E-state index contributed by atoms with van der Waals surface area (Å²) in [4.78, 5) is 14.3. The Morgan fingerprint density at radius 2 is 2.33 bits per heavy atom. The van der Waals surface area contributed by atoms with Gasteiger partial charge in [0.25, 0.3) is 0 Å². The molecule has 1 fully saturated rings. The highest BCUT2D eigenvalue weighted by Gasteiger charge is 2.20. The summed E-state index contributed by atoms with van der Waals surface area (Å²) in [5, 5.41) is 0. The first kappa shape index (κ1) is 13.2. The molecule has 98 valence electrons. The number of benzene rings is 1. The Bertz CT molecular complexity index is 411. The Kier molecular flexibility index (Phi) is 4.50. The summed E-state index contributed by atoms with van der Waals surface area (Å²) in [6.07, 6.45) is 1.66. The van der Waals surface area contributed by atoms with E-state index in [9.17, 15) is 4.79 Å². The van der Waals surface area contributed by atoms with E-state index in [0.29, 0.717) is 12.5 Å². The quantitative estimate of drug-likeness (QED) is 0.748. The lowest BCUT2D eigenvalue weighted by Crippen LogP contribution is -2.33. The highest BCUT2D eigenvalue weighted by molar-refractivity contribution is 5.96. The number of rotatable bonds is 5.